The zero-order chi connectivity index (χ0) is 30.0. The first-order valence-corrected chi connectivity index (χ1v) is 15.1. The average Bonchev–Trinajstić information content (AvgIpc) is 3.21. The molecule has 4 aromatic rings. The Morgan fingerprint density at radius 1 is 1.02 bits per heavy atom. The van der Waals surface area contributed by atoms with Gasteiger partial charge in [-0.25, -0.2) is 0 Å². The summed E-state index contributed by atoms with van der Waals surface area (Å²) in [5.74, 6) is -1.000. The van der Waals surface area contributed by atoms with Gasteiger partial charge in [0.2, 0.25) is 11.7 Å². The Hall–Kier alpha value is -4.32. The molecule has 42 heavy (non-hydrogen) atoms. The van der Waals surface area contributed by atoms with Crippen LogP contribution in [0.4, 0.5) is 10.5 Å². The van der Waals surface area contributed by atoms with Crippen molar-refractivity contribution in [2.75, 3.05) is 12.4 Å². The molecule has 1 aliphatic rings. The number of rotatable bonds is 8. The third-order valence-corrected chi connectivity index (χ3v) is 8.71. The smallest absolute Gasteiger partial charge is 0.339 e. The first-order valence-electron chi connectivity index (χ1n) is 12.5. The van der Waals surface area contributed by atoms with Gasteiger partial charge in [-0.2, -0.15) is 8.42 Å². The second-order valence-electron chi connectivity index (χ2n) is 9.18. The number of nitrogens with one attached hydrogen (secondary N) is 1. The van der Waals surface area contributed by atoms with Crippen LogP contribution in [-0.4, -0.2) is 37.5 Å². The minimum atomic E-state index is -4.32. The van der Waals surface area contributed by atoms with E-state index in [-0.39, 0.29) is 38.8 Å². The van der Waals surface area contributed by atoms with E-state index in [4.69, 9.17) is 20.5 Å². The second kappa shape index (κ2) is 11.9. The molecule has 0 aliphatic carbocycles. The number of fused-ring (bicyclic) bond motifs is 1. The Morgan fingerprint density at radius 3 is 2.45 bits per heavy atom. The molecule has 214 valence electrons. The average molecular weight is 623 g/mol. The van der Waals surface area contributed by atoms with Crippen LogP contribution < -0.4 is 14.2 Å². The normalized spacial score (nSPS) is 14.5. The van der Waals surface area contributed by atoms with Gasteiger partial charge < -0.3 is 14.2 Å². The van der Waals surface area contributed by atoms with Crippen molar-refractivity contribution in [2.45, 2.75) is 18.4 Å². The standard InChI is InChI=1S/C30H23ClN2O7S2/c1-18(34)32-22-10-12-23(13-11-22)42(37,38)40-28-25(31)14-19(15-26(28)39-2)16-27-29(35)33(30(36)41-27)17-21-8-5-7-20-6-3-4-9-24(20)21/h3-16H,17H2,1-2H3,(H,32,34)/b27-16-. The molecule has 0 atom stereocenters. The third-order valence-electron chi connectivity index (χ3n) is 6.29. The summed E-state index contributed by atoms with van der Waals surface area (Å²) in [6, 6.07) is 21.7. The lowest BCUT2D eigenvalue weighted by molar-refractivity contribution is -0.123. The fourth-order valence-corrected chi connectivity index (χ4v) is 6.46. The van der Waals surface area contributed by atoms with E-state index in [1.807, 2.05) is 42.5 Å². The molecule has 1 fully saturated rings. The maximum Gasteiger partial charge on any atom is 0.339 e. The zero-order valence-electron chi connectivity index (χ0n) is 22.3. The number of carbonyl (C=O) groups is 3. The second-order valence-corrected chi connectivity index (χ2v) is 12.1. The van der Waals surface area contributed by atoms with Gasteiger partial charge in [-0.3, -0.25) is 19.3 Å². The summed E-state index contributed by atoms with van der Waals surface area (Å²) in [5, 5.41) is 4.01. The van der Waals surface area contributed by atoms with Crippen molar-refractivity contribution in [3.63, 3.8) is 0 Å². The van der Waals surface area contributed by atoms with Crippen molar-refractivity contribution in [3.05, 3.63) is 99.9 Å². The summed E-state index contributed by atoms with van der Waals surface area (Å²) in [4.78, 5) is 38.4. The molecule has 1 N–H and O–H groups in total. The van der Waals surface area contributed by atoms with Crippen molar-refractivity contribution in [1.82, 2.24) is 4.90 Å². The van der Waals surface area contributed by atoms with Crippen LogP contribution in [0.2, 0.25) is 5.02 Å². The van der Waals surface area contributed by atoms with Crippen LogP contribution in [-0.2, 0) is 26.3 Å². The number of amides is 3. The van der Waals surface area contributed by atoms with E-state index in [1.54, 1.807) is 0 Å². The van der Waals surface area contributed by atoms with Crippen LogP contribution in [0, 0.1) is 0 Å². The Morgan fingerprint density at radius 2 is 1.74 bits per heavy atom. The van der Waals surface area contributed by atoms with Gasteiger partial charge in [-0.15, -0.1) is 0 Å². The zero-order valence-corrected chi connectivity index (χ0v) is 24.7. The van der Waals surface area contributed by atoms with Crippen molar-refractivity contribution >= 4 is 73.1 Å². The van der Waals surface area contributed by atoms with E-state index in [0.29, 0.717) is 11.3 Å². The van der Waals surface area contributed by atoms with Crippen molar-refractivity contribution in [1.29, 1.82) is 0 Å². The molecule has 1 aliphatic heterocycles. The van der Waals surface area contributed by atoms with E-state index in [2.05, 4.69) is 5.32 Å². The highest BCUT2D eigenvalue weighted by molar-refractivity contribution is 8.18. The summed E-state index contributed by atoms with van der Waals surface area (Å²) in [7, 11) is -3.01. The Kier molecular flexibility index (Phi) is 8.26. The van der Waals surface area contributed by atoms with Crippen LogP contribution in [0.5, 0.6) is 11.5 Å². The maximum absolute atomic E-state index is 13.2. The van der Waals surface area contributed by atoms with E-state index >= 15 is 0 Å². The molecule has 9 nitrogen and oxygen atoms in total. The Bertz CT molecular complexity index is 1870. The number of thioether (sulfide) groups is 1. The number of carbonyl (C=O) groups excluding carboxylic acids is 3. The first kappa shape index (κ1) is 29.2. The quantitative estimate of drug-likeness (QED) is 0.176. The van der Waals surface area contributed by atoms with Gasteiger partial charge in [0.05, 0.1) is 23.6 Å². The van der Waals surface area contributed by atoms with Crippen LogP contribution in [0.3, 0.4) is 0 Å². The predicted octanol–water partition coefficient (Wildman–Crippen LogP) is 6.46. The van der Waals surface area contributed by atoms with Gasteiger partial charge in [0.15, 0.2) is 5.75 Å². The highest BCUT2D eigenvalue weighted by Gasteiger charge is 2.35. The highest BCUT2D eigenvalue weighted by atomic mass is 35.5. The third kappa shape index (κ3) is 6.13. The summed E-state index contributed by atoms with van der Waals surface area (Å²) >= 11 is 7.21. The van der Waals surface area contributed by atoms with Crippen molar-refractivity contribution in [3.8, 4) is 11.5 Å². The van der Waals surface area contributed by atoms with E-state index < -0.39 is 21.3 Å². The van der Waals surface area contributed by atoms with Crippen LogP contribution in [0.15, 0.2) is 88.7 Å². The molecule has 12 heteroatoms. The van der Waals surface area contributed by atoms with Gasteiger partial charge in [0.1, 0.15) is 4.90 Å². The Balaban J connectivity index is 1.38. The monoisotopic (exact) mass is 622 g/mol. The fourth-order valence-electron chi connectivity index (χ4n) is 4.36. The lowest BCUT2D eigenvalue weighted by Gasteiger charge is -2.14. The number of anilines is 1. The SMILES string of the molecule is COc1cc(/C=C2\SC(=O)N(Cc3cccc4ccccc34)C2=O)cc(Cl)c1OS(=O)(=O)c1ccc(NC(C)=O)cc1. The largest absolute Gasteiger partial charge is 0.493 e. The molecule has 0 spiro atoms. The number of nitrogens with zero attached hydrogens (tertiary/aromatic N) is 1. The number of ether oxygens (including phenoxy) is 1. The van der Waals surface area contributed by atoms with E-state index in [0.717, 1.165) is 28.1 Å². The first-order chi connectivity index (χ1) is 20.1. The topological polar surface area (TPSA) is 119 Å². The molecule has 0 bridgehead atoms. The van der Waals surface area contributed by atoms with E-state index in [9.17, 15) is 22.8 Å². The van der Waals surface area contributed by atoms with Crippen molar-refractivity contribution in [2.24, 2.45) is 0 Å². The highest BCUT2D eigenvalue weighted by Crippen LogP contribution is 2.40. The van der Waals surface area contributed by atoms with Gasteiger partial charge in [0.25, 0.3) is 11.1 Å². The lowest BCUT2D eigenvalue weighted by atomic mass is 10.0. The summed E-state index contributed by atoms with van der Waals surface area (Å²) in [6.07, 6.45) is 1.49. The lowest BCUT2D eigenvalue weighted by Crippen LogP contribution is -2.27. The summed E-state index contributed by atoms with van der Waals surface area (Å²) in [5.41, 5.74) is 1.66. The van der Waals surface area contributed by atoms with Crippen molar-refractivity contribution < 1.29 is 31.7 Å². The van der Waals surface area contributed by atoms with E-state index in [1.165, 1.54) is 61.4 Å². The number of imide groups is 1. The number of halogens is 1. The summed E-state index contributed by atoms with van der Waals surface area (Å²) in [6.45, 7) is 1.45. The van der Waals surface area contributed by atoms with Crippen LogP contribution >= 0.6 is 23.4 Å². The number of hydrogen-bond donors (Lipinski definition) is 1. The van der Waals surface area contributed by atoms with Gasteiger partial charge in [-0.05, 0) is 76.1 Å². The fraction of sp³-hybridized carbons (Fsp3) is 0.100. The Labute approximate surface area is 251 Å². The number of hydrogen-bond acceptors (Lipinski definition) is 8. The van der Waals surface area contributed by atoms with Crippen LogP contribution in [0.1, 0.15) is 18.1 Å². The molecule has 0 aromatic heterocycles. The molecule has 0 saturated carbocycles. The molecular formula is C30H23ClN2O7S2. The minimum Gasteiger partial charge on any atom is -0.493 e. The maximum atomic E-state index is 13.2. The summed E-state index contributed by atoms with van der Waals surface area (Å²) < 4.78 is 36.5. The molecule has 5 rings (SSSR count). The van der Waals surface area contributed by atoms with Gasteiger partial charge in [0, 0.05) is 12.6 Å². The van der Waals surface area contributed by atoms with Gasteiger partial charge >= 0.3 is 10.1 Å². The molecule has 3 amide bonds. The molecule has 1 saturated heterocycles. The number of methoxy groups -OCH3 is 1. The molecule has 1 heterocycles. The van der Waals surface area contributed by atoms with Gasteiger partial charge in [-0.1, -0.05) is 54.1 Å². The molecule has 0 unspecified atom stereocenters. The number of benzene rings is 4. The minimum absolute atomic E-state index is 0.00201. The van der Waals surface area contributed by atoms with Crippen LogP contribution in [0.25, 0.3) is 16.8 Å². The molecular weight excluding hydrogens is 600 g/mol. The predicted molar refractivity (Wildman–Crippen MR) is 162 cm³/mol. The molecule has 4 aromatic carbocycles. The molecule has 0 radical (unpaired) electrons.